The maximum absolute atomic E-state index is 13.5. The first-order valence-electron chi connectivity index (χ1n) is 6.55. The monoisotopic (exact) mass is 330 g/mol. The molecule has 0 spiro atoms. The highest BCUT2D eigenvalue weighted by Gasteiger charge is 2.29. The molecular formula is C14H20BrFN2O. The van der Waals surface area contributed by atoms with Crippen LogP contribution in [0.2, 0.25) is 0 Å². The van der Waals surface area contributed by atoms with Gasteiger partial charge in [0, 0.05) is 30.1 Å². The first kappa shape index (κ1) is 14.9. The fourth-order valence-corrected chi connectivity index (χ4v) is 3.23. The molecule has 1 saturated heterocycles. The Kier molecular flexibility index (Phi) is 4.95. The highest BCUT2D eigenvalue weighted by atomic mass is 79.9. The number of ether oxygens (including phenoxy) is 1. The van der Waals surface area contributed by atoms with Gasteiger partial charge in [0.1, 0.15) is 5.82 Å². The SMILES string of the molecule is C[C@@H]1CN(C(CN)c2cc(F)ccc2Br)C[C@H](C)O1. The fourth-order valence-electron chi connectivity index (χ4n) is 2.71. The third kappa shape index (κ3) is 3.54. The Hall–Kier alpha value is -0.490. The summed E-state index contributed by atoms with van der Waals surface area (Å²) in [4.78, 5) is 2.28. The van der Waals surface area contributed by atoms with E-state index in [1.54, 1.807) is 12.1 Å². The lowest BCUT2D eigenvalue weighted by atomic mass is 10.0. The Labute approximate surface area is 122 Å². The van der Waals surface area contributed by atoms with Crippen LogP contribution in [0.15, 0.2) is 22.7 Å². The van der Waals surface area contributed by atoms with Gasteiger partial charge in [-0.2, -0.15) is 0 Å². The second-order valence-corrected chi connectivity index (χ2v) is 5.98. The zero-order chi connectivity index (χ0) is 14.0. The van der Waals surface area contributed by atoms with Crippen LogP contribution in [0.5, 0.6) is 0 Å². The van der Waals surface area contributed by atoms with E-state index in [1.165, 1.54) is 6.07 Å². The smallest absolute Gasteiger partial charge is 0.123 e. The lowest BCUT2D eigenvalue weighted by Crippen LogP contribution is -2.48. The van der Waals surface area contributed by atoms with Crippen molar-refractivity contribution in [3.05, 3.63) is 34.1 Å². The van der Waals surface area contributed by atoms with Crippen molar-refractivity contribution in [2.24, 2.45) is 5.73 Å². The van der Waals surface area contributed by atoms with Crippen LogP contribution >= 0.6 is 15.9 Å². The van der Waals surface area contributed by atoms with E-state index in [4.69, 9.17) is 10.5 Å². The van der Waals surface area contributed by atoms with E-state index in [0.29, 0.717) is 6.54 Å². The van der Waals surface area contributed by atoms with Gasteiger partial charge in [0.15, 0.2) is 0 Å². The Bertz CT molecular complexity index is 433. The molecule has 1 aliphatic heterocycles. The van der Waals surface area contributed by atoms with Gasteiger partial charge in [-0.05, 0) is 37.6 Å². The second kappa shape index (κ2) is 6.31. The van der Waals surface area contributed by atoms with Crippen molar-refractivity contribution in [2.45, 2.75) is 32.1 Å². The minimum Gasteiger partial charge on any atom is -0.373 e. The molecule has 0 bridgehead atoms. The van der Waals surface area contributed by atoms with E-state index in [1.807, 2.05) is 0 Å². The van der Waals surface area contributed by atoms with Crippen LogP contribution in [0.3, 0.4) is 0 Å². The zero-order valence-electron chi connectivity index (χ0n) is 11.3. The summed E-state index contributed by atoms with van der Waals surface area (Å²) in [6, 6.07) is 4.76. The van der Waals surface area contributed by atoms with Gasteiger partial charge in [0.05, 0.1) is 12.2 Å². The molecule has 1 unspecified atom stereocenters. The minimum atomic E-state index is -0.231. The molecule has 3 nitrogen and oxygen atoms in total. The molecule has 2 rings (SSSR count). The van der Waals surface area contributed by atoms with Crippen molar-refractivity contribution < 1.29 is 9.13 Å². The molecule has 1 aromatic carbocycles. The molecule has 3 atom stereocenters. The predicted octanol–water partition coefficient (Wildman–Crippen LogP) is 2.70. The molecule has 0 aromatic heterocycles. The summed E-state index contributed by atoms with van der Waals surface area (Å²) in [6.07, 6.45) is 0.343. The lowest BCUT2D eigenvalue weighted by molar-refractivity contribution is -0.0800. The molecule has 106 valence electrons. The normalized spacial score (nSPS) is 26.4. The zero-order valence-corrected chi connectivity index (χ0v) is 12.9. The molecule has 2 N–H and O–H groups in total. The van der Waals surface area contributed by atoms with Gasteiger partial charge < -0.3 is 10.5 Å². The molecule has 1 aromatic rings. The number of morpholine rings is 1. The number of rotatable bonds is 3. The average molecular weight is 331 g/mol. The number of benzene rings is 1. The van der Waals surface area contributed by atoms with E-state index in [-0.39, 0.29) is 24.1 Å². The number of hydrogen-bond acceptors (Lipinski definition) is 3. The summed E-state index contributed by atoms with van der Waals surface area (Å²) >= 11 is 3.49. The van der Waals surface area contributed by atoms with E-state index in [2.05, 4.69) is 34.7 Å². The lowest BCUT2D eigenvalue weighted by Gasteiger charge is -2.40. The molecule has 0 radical (unpaired) electrons. The number of nitrogens with zero attached hydrogens (tertiary/aromatic N) is 1. The largest absolute Gasteiger partial charge is 0.373 e. The summed E-state index contributed by atoms with van der Waals surface area (Å²) in [5.74, 6) is -0.231. The van der Waals surface area contributed by atoms with Crippen molar-refractivity contribution >= 4 is 15.9 Å². The number of hydrogen-bond donors (Lipinski definition) is 1. The molecule has 1 aliphatic rings. The summed E-state index contributed by atoms with van der Waals surface area (Å²) in [6.45, 7) is 6.19. The van der Waals surface area contributed by atoms with Crippen LogP contribution in [0, 0.1) is 5.82 Å². The van der Waals surface area contributed by atoms with Crippen molar-refractivity contribution in [1.82, 2.24) is 4.90 Å². The second-order valence-electron chi connectivity index (χ2n) is 5.13. The molecule has 1 heterocycles. The Balaban J connectivity index is 2.26. The van der Waals surface area contributed by atoms with Crippen molar-refractivity contribution in [3.8, 4) is 0 Å². The van der Waals surface area contributed by atoms with Gasteiger partial charge in [0.2, 0.25) is 0 Å². The van der Waals surface area contributed by atoms with Gasteiger partial charge in [-0.15, -0.1) is 0 Å². The average Bonchev–Trinajstić information content (AvgIpc) is 2.33. The molecule has 0 saturated carbocycles. The van der Waals surface area contributed by atoms with Crippen molar-refractivity contribution in [1.29, 1.82) is 0 Å². The minimum absolute atomic E-state index is 0.0128. The fraction of sp³-hybridized carbons (Fsp3) is 0.571. The third-order valence-electron chi connectivity index (χ3n) is 3.43. The van der Waals surface area contributed by atoms with Crippen LogP contribution in [-0.2, 0) is 4.74 Å². The number of halogens is 2. The first-order valence-corrected chi connectivity index (χ1v) is 7.35. The third-order valence-corrected chi connectivity index (χ3v) is 4.15. The van der Waals surface area contributed by atoms with Gasteiger partial charge in [-0.25, -0.2) is 4.39 Å². The van der Waals surface area contributed by atoms with Crippen molar-refractivity contribution in [3.63, 3.8) is 0 Å². The van der Waals surface area contributed by atoms with Crippen LogP contribution in [0.4, 0.5) is 4.39 Å². The van der Waals surface area contributed by atoms with E-state index in [0.717, 1.165) is 23.1 Å². The summed E-state index contributed by atoms with van der Waals surface area (Å²) in [5.41, 5.74) is 6.83. The highest BCUT2D eigenvalue weighted by molar-refractivity contribution is 9.10. The standard InChI is InChI=1S/C14H20BrFN2O/c1-9-7-18(8-10(2)19-9)14(6-17)12-5-11(16)3-4-13(12)15/h3-5,9-10,14H,6-8,17H2,1-2H3/t9-,10+,14?. The van der Waals surface area contributed by atoms with Crippen molar-refractivity contribution in [2.75, 3.05) is 19.6 Å². The molecule has 0 aliphatic carbocycles. The van der Waals surface area contributed by atoms with Gasteiger partial charge in [-0.3, -0.25) is 4.90 Å². The summed E-state index contributed by atoms with van der Waals surface area (Å²) in [5, 5.41) is 0. The van der Waals surface area contributed by atoms with Crippen LogP contribution in [0.1, 0.15) is 25.5 Å². The van der Waals surface area contributed by atoms with E-state index in [9.17, 15) is 4.39 Å². The van der Waals surface area contributed by atoms with E-state index >= 15 is 0 Å². The Morgan fingerprint density at radius 3 is 2.63 bits per heavy atom. The van der Waals surface area contributed by atoms with Crippen LogP contribution in [-0.4, -0.2) is 36.7 Å². The quantitative estimate of drug-likeness (QED) is 0.926. The molecular weight excluding hydrogens is 311 g/mol. The van der Waals surface area contributed by atoms with Gasteiger partial charge in [0.25, 0.3) is 0 Å². The van der Waals surface area contributed by atoms with Gasteiger partial charge >= 0.3 is 0 Å². The number of nitrogens with two attached hydrogens (primary N) is 1. The first-order chi connectivity index (χ1) is 9.01. The molecule has 19 heavy (non-hydrogen) atoms. The predicted molar refractivity (Wildman–Crippen MR) is 77.5 cm³/mol. The maximum atomic E-state index is 13.5. The van der Waals surface area contributed by atoms with E-state index < -0.39 is 0 Å². The van der Waals surface area contributed by atoms with Crippen LogP contribution in [0.25, 0.3) is 0 Å². The topological polar surface area (TPSA) is 38.5 Å². The Morgan fingerprint density at radius 1 is 1.42 bits per heavy atom. The Morgan fingerprint density at radius 2 is 2.05 bits per heavy atom. The summed E-state index contributed by atoms with van der Waals surface area (Å²) in [7, 11) is 0. The molecule has 0 amide bonds. The maximum Gasteiger partial charge on any atom is 0.123 e. The highest BCUT2D eigenvalue weighted by Crippen LogP contribution is 2.30. The summed E-state index contributed by atoms with van der Waals surface area (Å²) < 4.78 is 20.1. The van der Waals surface area contributed by atoms with Gasteiger partial charge in [-0.1, -0.05) is 15.9 Å². The van der Waals surface area contributed by atoms with Crippen LogP contribution < -0.4 is 5.73 Å². The molecule has 5 heteroatoms. The molecule has 1 fully saturated rings.